The first-order valence-electron chi connectivity index (χ1n) is 7.61. The standard InChI is InChI=1S/C19H14FNO2/c20-14-8-6-12(7-9-14)17(22)11-16-15-5-1-3-13-4-2-10-21(18(13)15)19(16)23/h1,3,5-9,11H,2,4,10H2/b16-11-. The highest BCUT2D eigenvalue weighted by Gasteiger charge is 2.36. The van der Waals surface area contributed by atoms with Crippen molar-refractivity contribution in [3.05, 3.63) is 71.0 Å². The minimum Gasteiger partial charge on any atom is -0.307 e. The first-order chi connectivity index (χ1) is 11.1. The molecule has 4 rings (SSSR count). The van der Waals surface area contributed by atoms with Crippen LogP contribution >= 0.6 is 0 Å². The van der Waals surface area contributed by atoms with E-state index in [2.05, 4.69) is 0 Å². The van der Waals surface area contributed by atoms with Crippen LogP contribution in [0.1, 0.15) is 27.9 Å². The van der Waals surface area contributed by atoms with E-state index in [1.54, 1.807) is 4.90 Å². The van der Waals surface area contributed by atoms with E-state index >= 15 is 0 Å². The molecule has 2 aromatic rings. The van der Waals surface area contributed by atoms with Crippen molar-refractivity contribution >= 4 is 23.0 Å². The van der Waals surface area contributed by atoms with Gasteiger partial charge in [-0.25, -0.2) is 4.39 Å². The summed E-state index contributed by atoms with van der Waals surface area (Å²) in [5.41, 5.74) is 3.72. The molecule has 4 heteroatoms. The van der Waals surface area contributed by atoms with Crippen LogP contribution in [0.15, 0.2) is 48.5 Å². The molecular formula is C19H14FNO2. The number of ketones is 1. The van der Waals surface area contributed by atoms with Gasteiger partial charge in [-0.3, -0.25) is 9.59 Å². The number of hydrogen-bond donors (Lipinski definition) is 0. The van der Waals surface area contributed by atoms with Gasteiger partial charge in [-0.1, -0.05) is 18.2 Å². The lowest BCUT2D eigenvalue weighted by atomic mass is 9.98. The molecule has 0 radical (unpaired) electrons. The fraction of sp³-hybridized carbons (Fsp3) is 0.158. The Bertz CT molecular complexity index is 852. The number of amides is 1. The molecule has 0 unspecified atom stereocenters. The molecular weight excluding hydrogens is 293 g/mol. The second kappa shape index (κ2) is 5.16. The predicted octanol–water partition coefficient (Wildman–Crippen LogP) is 3.38. The van der Waals surface area contributed by atoms with Crippen molar-refractivity contribution in [2.75, 3.05) is 11.4 Å². The van der Waals surface area contributed by atoms with Gasteiger partial charge in [0.05, 0.1) is 11.3 Å². The fourth-order valence-electron chi connectivity index (χ4n) is 3.30. The number of halogens is 1. The molecule has 0 spiro atoms. The minimum absolute atomic E-state index is 0.123. The van der Waals surface area contributed by atoms with E-state index in [1.807, 2.05) is 18.2 Å². The van der Waals surface area contributed by atoms with Crippen LogP contribution in [0.25, 0.3) is 5.57 Å². The number of carbonyl (C=O) groups excluding carboxylic acids is 2. The van der Waals surface area contributed by atoms with E-state index in [0.29, 0.717) is 17.7 Å². The molecule has 0 atom stereocenters. The Morgan fingerprint density at radius 1 is 1.13 bits per heavy atom. The van der Waals surface area contributed by atoms with E-state index in [-0.39, 0.29) is 11.7 Å². The van der Waals surface area contributed by atoms with Gasteiger partial charge >= 0.3 is 0 Å². The zero-order valence-corrected chi connectivity index (χ0v) is 12.4. The summed E-state index contributed by atoms with van der Waals surface area (Å²) in [7, 11) is 0. The van der Waals surface area contributed by atoms with Crippen LogP contribution in [-0.2, 0) is 11.2 Å². The van der Waals surface area contributed by atoms with Crippen molar-refractivity contribution in [1.82, 2.24) is 0 Å². The monoisotopic (exact) mass is 307 g/mol. The van der Waals surface area contributed by atoms with Crippen LogP contribution in [-0.4, -0.2) is 18.2 Å². The van der Waals surface area contributed by atoms with Gasteiger partial charge in [0, 0.05) is 17.7 Å². The van der Waals surface area contributed by atoms with Crippen molar-refractivity contribution in [2.45, 2.75) is 12.8 Å². The first kappa shape index (κ1) is 13.9. The molecule has 0 bridgehead atoms. The van der Waals surface area contributed by atoms with Crippen molar-refractivity contribution in [3.8, 4) is 0 Å². The Labute approximate surface area is 133 Å². The van der Waals surface area contributed by atoms with Crippen molar-refractivity contribution in [2.24, 2.45) is 0 Å². The number of benzene rings is 2. The number of anilines is 1. The van der Waals surface area contributed by atoms with Crippen molar-refractivity contribution < 1.29 is 14.0 Å². The van der Waals surface area contributed by atoms with Crippen LogP contribution in [0.5, 0.6) is 0 Å². The number of allylic oxidation sites excluding steroid dienone is 1. The molecule has 2 heterocycles. The van der Waals surface area contributed by atoms with Gasteiger partial charge in [-0.2, -0.15) is 0 Å². The highest BCUT2D eigenvalue weighted by atomic mass is 19.1. The number of hydrogen-bond acceptors (Lipinski definition) is 2. The van der Waals surface area contributed by atoms with Crippen LogP contribution in [0.4, 0.5) is 10.1 Å². The highest BCUT2D eigenvalue weighted by molar-refractivity contribution is 6.36. The smallest absolute Gasteiger partial charge is 0.259 e. The maximum Gasteiger partial charge on any atom is 0.259 e. The number of nitrogens with zero attached hydrogens (tertiary/aromatic N) is 1. The second-order valence-corrected chi connectivity index (χ2v) is 5.80. The van der Waals surface area contributed by atoms with Crippen LogP contribution in [0.3, 0.4) is 0 Å². The Kier molecular flexibility index (Phi) is 3.11. The molecule has 1 amide bonds. The highest BCUT2D eigenvalue weighted by Crippen LogP contribution is 2.42. The van der Waals surface area contributed by atoms with Crippen LogP contribution in [0, 0.1) is 5.82 Å². The fourth-order valence-corrected chi connectivity index (χ4v) is 3.30. The molecule has 2 aromatic carbocycles. The molecule has 0 aliphatic carbocycles. The normalized spacial score (nSPS) is 17.5. The topological polar surface area (TPSA) is 37.4 Å². The Balaban J connectivity index is 1.78. The van der Waals surface area contributed by atoms with Gasteiger partial charge in [-0.15, -0.1) is 0 Å². The summed E-state index contributed by atoms with van der Waals surface area (Å²) in [6.45, 7) is 0.685. The Morgan fingerprint density at radius 3 is 2.70 bits per heavy atom. The summed E-state index contributed by atoms with van der Waals surface area (Å²) in [4.78, 5) is 26.8. The minimum atomic E-state index is -0.391. The molecule has 114 valence electrons. The van der Waals surface area contributed by atoms with E-state index in [4.69, 9.17) is 0 Å². The van der Waals surface area contributed by atoms with Gasteiger partial charge in [0.15, 0.2) is 5.78 Å². The van der Waals surface area contributed by atoms with Crippen molar-refractivity contribution in [3.63, 3.8) is 0 Å². The summed E-state index contributed by atoms with van der Waals surface area (Å²) in [5, 5.41) is 0. The molecule has 0 fully saturated rings. The Morgan fingerprint density at radius 2 is 1.91 bits per heavy atom. The lowest BCUT2D eigenvalue weighted by molar-refractivity contribution is -0.113. The van der Waals surface area contributed by atoms with Crippen LogP contribution in [0.2, 0.25) is 0 Å². The lowest BCUT2D eigenvalue weighted by Crippen LogP contribution is -2.31. The second-order valence-electron chi connectivity index (χ2n) is 5.80. The molecule has 2 aliphatic rings. The quantitative estimate of drug-likeness (QED) is 0.630. The van der Waals surface area contributed by atoms with Gasteiger partial charge in [0.2, 0.25) is 0 Å². The molecule has 0 saturated carbocycles. The predicted molar refractivity (Wildman–Crippen MR) is 85.8 cm³/mol. The zero-order chi connectivity index (χ0) is 16.0. The first-order valence-corrected chi connectivity index (χ1v) is 7.61. The summed E-state index contributed by atoms with van der Waals surface area (Å²) in [5.74, 6) is -0.799. The van der Waals surface area contributed by atoms with Gasteiger partial charge < -0.3 is 4.90 Å². The lowest BCUT2D eigenvalue weighted by Gasteiger charge is -2.24. The number of para-hydroxylation sites is 1. The molecule has 23 heavy (non-hydrogen) atoms. The molecule has 2 aliphatic heterocycles. The zero-order valence-electron chi connectivity index (χ0n) is 12.4. The van der Waals surface area contributed by atoms with Crippen molar-refractivity contribution in [1.29, 1.82) is 0 Å². The molecule has 0 aromatic heterocycles. The Hall–Kier alpha value is -2.75. The summed E-state index contributed by atoms with van der Waals surface area (Å²) in [6, 6.07) is 11.2. The average molecular weight is 307 g/mol. The maximum atomic E-state index is 13.0. The number of rotatable bonds is 2. The SMILES string of the molecule is O=C(/C=C1\C(=O)N2CCCc3cccc1c32)c1ccc(F)cc1. The average Bonchev–Trinajstić information content (AvgIpc) is 2.84. The van der Waals surface area contributed by atoms with Crippen LogP contribution < -0.4 is 4.90 Å². The van der Waals surface area contributed by atoms with Gasteiger partial charge in [0.1, 0.15) is 5.82 Å². The largest absolute Gasteiger partial charge is 0.307 e. The van der Waals surface area contributed by atoms with Gasteiger partial charge in [0.25, 0.3) is 5.91 Å². The maximum absolute atomic E-state index is 13.0. The summed E-state index contributed by atoms with van der Waals surface area (Å²) < 4.78 is 13.0. The summed E-state index contributed by atoms with van der Waals surface area (Å²) in [6.07, 6.45) is 3.26. The van der Waals surface area contributed by atoms with E-state index < -0.39 is 5.82 Å². The molecule has 0 saturated heterocycles. The van der Waals surface area contributed by atoms with E-state index in [0.717, 1.165) is 29.7 Å². The number of carbonyl (C=O) groups is 2. The summed E-state index contributed by atoms with van der Waals surface area (Å²) >= 11 is 0. The third-order valence-electron chi connectivity index (χ3n) is 4.39. The third-order valence-corrected chi connectivity index (χ3v) is 4.39. The van der Waals surface area contributed by atoms with Gasteiger partial charge in [-0.05, 0) is 48.7 Å². The molecule has 0 N–H and O–H groups in total. The van der Waals surface area contributed by atoms with E-state index in [1.165, 1.54) is 30.3 Å². The van der Waals surface area contributed by atoms with E-state index in [9.17, 15) is 14.0 Å². The number of aryl methyl sites for hydroxylation is 1. The third kappa shape index (κ3) is 2.18. The molecule has 3 nitrogen and oxygen atoms in total.